The van der Waals surface area contributed by atoms with Crippen LogP contribution in [0.4, 0.5) is 0 Å². The van der Waals surface area contributed by atoms with Gasteiger partial charge in [0.25, 0.3) is 0 Å². The van der Waals surface area contributed by atoms with E-state index in [1.54, 1.807) is 0 Å². The van der Waals surface area contributed by atoms with Crippen LogP contribution in [0.15, 0.2) is 42.5 Å². The van der Waals surface area contributed by atoms with E-state index in [4.69, 9.17) is 9.47 Å². The van der Waals surface area contributed by atoms with Crippen molar-refractivity contribution in [3.05, 3.63) is 48.0 Å². The van der Waals surface area contributed by atoms with Crippen molar-refractivity contribution in [1.82, 2.24) is 0 Å². The van der Waals surface area contributed by atoms with E-state index in [0.29, 0.717) is 12.8 Å². The fourth-order valence-electron chi connectivity index (χ4n) is 5.61. The van der Waals surface area contributed by atoms with Gasteiger partial charge >= 0.3 is 11.9 Å². The van der Waals surface area contributed by atoms with E-state index in [2.05, 4.69) is 49.4 Å². The van der Waals surface area contributed by atoms with Gasteiger partial charge in [0.2, 0.25) is 0 Å². The van der Waals surface area contributed by atoms with Crippen LogP contribution in [0.2, 0.25) is 0 Å². The minimum atomic E-state index is -1.47. The Kier molecular flexibility index (Phi) is 12.6. The molecule has 0 saturated carbocycles. The summed E-state index contributed by atoms with van der Waals surface area (Å²) in [7, 11) is 0. The number of hydrogen-bond donors (Lipinski definition) is 2. The fourth-order valence-corrected chi connectivity index (χ4v) is 5.61. The lowest BCUT2D eigenvalue weighted by Crippen LogP contribution is -2.36. The average Bonchev–Trinajstić information content (AvgIpc) is 3.30. The van der Waals surface area contributed by atoms with Gasteiger partial charge in [0, 0.05) is 12.8 Å². The molecule has 0 spiro atoms. The highest BCUT2D eigenvalue weighted by Crippen LogP contribution is 2.38. The summed E-state index contributed by atoms with van der Waals surface area (Å²) in [5, 5.41) is 21.7. The van der Waals surface area contributed by atoms with Crippen LogP contribution >= 0.6 is 0 Å². The van der Waals surface area contributed by atoms with Crippen molar-refractivity contribution in [2.75, 3.05) is 0 Å². The largest absolute Gasteiger partial charge is 0.479 e. The minimum absolute atomic E-state index is 0.507. The Labute approximate surface area is 227 Å². The standard InChI is InChI=1S/C32H46O6/c1-2-3-4-5-6-7-8-9-10-15-23-32(37-28(30(33)34)29(38-32)31(35)36)24-16-11-12-18-25-20-17-21-26-19-13-14-22-27(25)26/h13-14,17,19-22,28-29H,2-12,15-16,18,23-24H2,1H3,(H,33,34)(H,35,36)/t28-,29-/m1/s1. The van der Waals surface area contributed by atoms with Gasteiger partial charge in [-0.2, -0.15) is 0 Å². The molecule has 2 atom stereocenters. The number of aryl methyl sites for hydroxylation is 1. The van der Waals surface area contributed by atoms with Gasteiger partial charge in [0.1, 0.15) is 0 Å². The first-order valence-electron chi connectivity index (χ1n) is 14.7. The summed E-state index contributed by atoms with van der Waals surface area (Å²) in [6, 6.07) is 14.8. The van der Waals surface area contributed by atoms with Crippen LogP contribution in [0, 0.1) is 0 Å². The van der Waals surface area contributed by atoms with E-state index < -0.39 is 29.9 Å². The summed E-state index contributed by atoms with van der Waals surface area (Å²) in [6.45, 7) is 2.23. The summed E-state index contributed by atoms with van der Waals surface area (Å²) in [6.07, 6.45) is 13.7. The molecule has 1 aliphatic heterocycles. The number of fused-ring (bicyclic) bond motifs is 1. The zero-order chi connectivity index (χ0) is 27.2. The normalized spacial score (nSPS) is 18.7. The molecule has 0 aliphatic carbocycles. The number of benzene rings is 2. The quantitative estimate of drug-likeness (QED) is 0.181. The van der Waals surface area contributed by atoms with Crippen LogP contribution in [0.3, 0.4) is 0 Å². The third-order valence-corrected chi connectivity index (χ3v) is 7.74. The first-order valence-corrected chi connectivity index (χ1v) is 14.7. The Balaban J connectivity index is 1.47. The summed E-state index contributed by atoms with van der Waals surface area (Å²) in [4.78, 5) is 23.4. The predicted molar refractivity (Wildman–Crippen MR) is 150 cm³/mol. The van der Waals surface area contributed by atoms with Crippen LogP contribution < -0.4 is 0 Å². The highest BCUT2D eigenvalue weighted by molar-refractivity contribution is 5.85. The molecule has 38 heavy (non-hydrogen) atoms. The summed E-state index contributed by atoms with van der Waals surface area (Å²) in [5.74, 6) is -3.69. The number of hydrogen-bond acceptors (Lipinski definition) is 4. The molecule has 2 aromatic rings. The Bertz CT molecular complexity index is 975. The maximum Gasteiger partial charge on any atom is 0.336 e. The van der Waals surface area contributed by atoms with Gasteiger partial charge in [0.05, 0.1) is 0 Å². The number of aliphatic carboxylic acids is 2. The molecule has 1 heterocycles. The molecule has 0 unspecified atom stereocenters. The van der Waals surface area contributed by atoms with Crippen molar-refractivity contribution >= 4 is 22.7 Å². The second kappa shape index (κ2) is 15.8. The smallest absolute Gasteiger partial charge is 0.336 e. The lowest BCUT2D eigenvalue weighted by Gasteiger charge is -2.28. The first kappa shape index (κ1) is 30.1. The molecule has 6 nitrogen and oxygen atoms in total. The Morgan fingerprint density at radius 2 is 1.18 bits per heavy atom. The second-order valence-corrected chi connectivity index (χ2v) is 10.8. The van der Waals surface area contributed by atoms with Gasteiger partial charge in [-0.15, -0.1) is 0 Å². The molecular weight excluding hydrogens is 480 g/mol. The van der Waals surface area contributed by atoms with Crippen molar-refractivity contribution in [2.45, 2.75) is 128 Å². The number of carbonyl (C=O) groups is 2. The average molecular weight is 527 g/mol. The third kappa shape index (κ3) is 9.09. The monoisotopic (exact) mass is 526 g/mol. The number of ether oxygens (including phenoxy) is 2. The van der Waals surface area contributed by atoms with Crippen LogP contribution in [0.5, 0.6) is 0 Å². The molecule has 6 heteroatoms. The summed E-state index contributed by atoms with van der Waals surface area (Å²) >= 11 is 0. The van der Waals surface area contributed by atoms with Crippen LogP contribution in [-0.4, -0.2) is 40.1 Å². The molecule has 2 aromatic carbocycles. The molecule has 210 valence electrons. The highest BCUT2D eigenvalue weighted by atomic mass is 16.8. The Morgan fingerprint density at radius 3 is 1.76 bits per heavy atom. The number of unbranched alkanes of at least 4 members (excludes halogenated alkanes) is 11. The molecule has 1 saturated heterocycles. The van der Waals surface area contributed by atoms with Gasteiger partial charge in [-0.1, -0.05) is 114 Å². The van der Waals surface area contributed by atoms with Gasteiger partial charge in [0.15, 0.2) is 18.0 Å². The molecule has 3 rings (SSSR count). The second-order valence-electron chi connectivity index (χ2n) is 10.8. The van der Waals surface area contributed by atoms with E-state index in [1.165, 1.54) is 61.3 Å². The SMILES string of the molecule is CCCCCCCCCCCCC1(CCCCCc2cccc3ccccc23)O[C@@H](C(=O)O)[C@H](C(=O)O)O1. The van der Waals surface area contributed by atoms with E-state index in [1.807, 2.05) is 0 Å². The molecule has 0 radical (unpaired) electrons. The topological polar surface area (TPSA) is 93.1 Å². The molecule has 1 fully saturated rings. The Hall–Kier alpha value is -2.44. The predicted octanol–water partition coefficient (Wildman–Crippen LogP) is 7.90. The van der Waals surface area contributed by atoms with E-state index in [-0.39, 0.29) is 0 Å². The highest BCUT2D eigenvalue weighted by Gasteiger charge is 2.53. The van der Waals surface area contributed by atoms with Crippen LogP contribution in [0.25, 0.3) is 10.8 Å². The van der Waals surface area contributed by atoms with E-state index in [9.17, 15) is 19.8 Å². The van der Waals surface area contributed by atoms with Gasteiger partial charge < -0.3 is 19.7 Å². The fraction of sp³-hybridized carbons (Fsp3) is 0.625. The molecule has 2 N–H and O–H groups in total. The molecule has 0 bridgehead atoms. The van der Waals surface area contributed by atoms with Crippen LogP contribution in [0.1, 0.15) is 109 Å². The maximum absolute atomic E-state index is 11.7. The lowest BCUT2D eigenvalue weighted by atomic mass is 9.97. The summed E-state index contributed by atoms with van der Waals surface area (Å²) < 4.78 is 11.8. The van der Waals surface area contributed by atoms with Crippen LogP contribution in [-0.2, 0) is 25.5 Å². The third-order valence-electron chi connectivity index (χ3n) is 7.74. The van der Waals surface area contributed by atoms with Crippen molar-refractivity contribution in [1.29, 1.82) is 0 Å². The van der Waals surface area contributed by atoms with Crippen molar-refractivity contribution in [3.8, 4) is 0 Å². The maximum atomic E-state index is 11.7. The minimum Gasteiger partial charge on any atom is -0.479 e. The first-order chi connectivity index (χ1) is 18.5. The number of carboxylic acid groups (broad SMARTS) is 2. The van der Waals surface area contributed by atoms with Gasteiger partial charge in [-0.25, -0.2) is 9.59 Å². The van der Waals surface area contributed by atoms with E-state index in [0.717, 1.165) is 44.9 Å². The summed E-state index contributed by atoms with van der Waals surface area (Å²) in [5.41, 5.74) is 1.33. The van der Waals surface area contributed by atoms with Gasteiger partial charge in [-0.3, -0.25) is 0 Å². The zero-order valence-corrected chi connectivity index (χ0v) is 23.0. The number of rotatable bonds is 19. The molecule has 1 aliphatic rings. The Morgan fingerprint density at radius 1 is 0.684 bits per heavy atom. The van der Waals surface area contributed by atoms with E-state index >= 15 is 0 Å². The van der Waals surface area contributed by atoms with Gasteiger partial charge in [-0.05, 0) is 42.0 Å². The van der Waals surface area contributed by atoms with Crippen molar-refractivity contribution in [2.24, 2.45) is 0 Å². The molecule has 0 aromatic heterocycles. The van der Waals surface area contributed by atoms with Crippen molar-refractivity contribution in [3.63, 3.8) is 0 Å². The number of carboxylic acids is 2. The lowest BCUT2D eigenvalue weighted by molar-refractivity contribution is -0.195. The molecular formula is C32H46O6. The molecule has 0 amide bonds. The van der Waals surface area contributed by atoms with Crippen molar-refractivity contribution < 1.29 is 29.3 Å². The zero-order valence-electron chi connectivity index (χ0n) is 23.0.